The lowest BCUT2D eigenvalue weighted by Gasteiger charge is -2.13. The van der Waals surface area contributed by atoms with E-state index in [0.29, 0.717) is 10.9 Å². The average Bonchev–Trinajstić information content (AvgIpc) is 2.53. The minimum Gasteiger partial charge on any atom is -0.478 e. The molecule has 3 rings (SSSR count). The largest absolute Gasteiger partial charge is 0.478 e. The van der Waals surface area contributed by atoms with Crippen molar-refractivity contribution in [3.05, 3.63) is 60.3 Å². The van der Waals surface area contributed by atoms with E-state index in [1.165, 1.54) is 12.3 Å². The van der Waals surface area contributed by atoms with Crippen LogP contribution < -0.4 is 4.90 Å². The second kappa shape index (κ2) is 5.48. The molecular formula is C18H16N2O2. The fraction of sp³-hybridized carbons (Fsp3) is 0.111. The summed E-state index contributed by atoms with van der Waals surface area (Å²) in [5.74, 6) is -0.937. The summed E-state index contributed by atoms with van der Waals surface area (Å²) in [5, 5.41) is 9.97. The highest BCUT2D eigenvalue weighted by atomic mass is 16.4. The Balaban J connectivity index is 2.11. The maximum Gasteiger partial charge on any atom is 0.336 e. The summed E-state index contributed by atoms with van der Waals surface area (Å²) >= 11 is 0. The number of aromatic nitrogens is 1. The molecule has 3 aromatic rings. The first kappa shape index (κ1) is 14.1. The molecule has 1 aromatic heterocycles. The number of hydrogen-bond donors (Lipinski definition) is 1. The van der Waals surface area contributed by atoms with E-state index in [4.69, 9.17) is 0 Å². The summed E-state index contributed by atoms with van der Waals surface area (Å²) < 4.78 is 0. The van der Waals surface area contributed by atoms with Crippen molar-refractivity contribution in [3.8, 4) is 11.1 Å². The van der Waals surface area contributed by atoms with E-state index in [2.05, 4.69) is 4.98 Å². The van der Waals surface area contributed by atoms with E-state index in [1.807, 2.05) is 61.5 Å². The van der Waals surface area contributed by atoms with Crippen LogP contribution in [0.25, 0.3) is 22.0 Å². The SMILES string of the molecule is CN(C)c1ccc(-c2ccc3nccc(C(=O)O)c3c2)cc1. The maximum atomic E-state index is 11.3. The number of carboxylic acids is 1. The Bertz CT molecular complexity index is 839. The van der Waals surface area contributed by atoms with Gasteiger partial charge in [-0.1, -0.05) is 18.2 Å². The van der Waals surface area contributed by atoms with Gasteiger partial charge in [0.05, 0.1) is 11.1 Å². The molecule has 1 heterocycles. The van der Waals surface area contributed by atoms with E-state index in [0.717, 1.165) is 16.8 Å². The van der Waals surface area contributed by atoms with Crippen LogP contribution in [0.15, 0.2) is 54.7 Å². The minimum atomic E-state index is -0.937. The van der Waals surface area contributed by atoms with Gasteiger partial charge >= 0.3 is 5.97 Å². The Kier molecular flexibility index (Phi) is 3.51. The Morgan fingerprint density at radius 2 is 1.68 bits per heavy atom. The summed E-state index contributed by atoms with van der Waals surface area (Å²) in [6.07, 6.45) is 1.53. The number of nitrogens with zero attached hydrogens (tertiary/aromatic N) is 2. The summed E-state index contributed by atoms with van der Waals surface area (Å²) in [4.78, 5) is 17.6. The molecule has 0 aliphatic heterocycles. The number of hydrogen-bond acceptors (Lipinski definition) is 3. The molecule has 1 N–H and O–H groups in total. The highest BCUT2D eigenvalue weighted by Gasteiger charge is 2.10. The third-order valence-corrected chi connectivity index (χ3v) is 3.69. The Morgan fingerprint density at radius 1 is 1.00 bits per heavy atom. The van der Waals surface area contributed by atoms with E-state index in [9.17, 15) is 9.90 Å². The molecule has 0 saturated carbocycles. The number of rotatable bonds is 3. The van der Waals surface area contributed by atoms with Crippen molar-refractivity contribution in [2.24, 2.45) is 0 Å². The minimum absolute atomic E-state index is 0.275. The van der Waals surface area contributed by atoms with E-state index in [1.54, 1.807) is 0 Å². The first-order valence-corrected chi connectivity index (χ1v) is 6.96. The molecule has 0 aliphatic rings. The Morgan fingerprint density at radius 3 is 2.32 bits per heavy atom. The van der Waals surface area contributed by atoms with Crippen LogP contribution in [0.4, 0.5) is 5.69 Å². The zero-order valence-corrected chi connectivity index (χ0v) is 12.4. The highest BCUT2D eigenvalue weighted by molar-refractivity contribution is 6.03. The van der Waals surface area contributed by atoms with Gasteiger partial charge < -0.3 is 10.0 Å². The van der Waals surface area contributed by atoms with Crippen LogP contribution in [-0.2, 0) is 0 Å². The van der Waals surface area contributed by atoms with Crippen molar-refractivity contribution in [2.45, 2.75) is 0 Å². The van der Waals surface area contributed by atoms with E-state index >= 15 is 0 Å². The topological polar surface area (TPSA) is 53.4 Å². The molecule has 0 saturated heterocycles. The van der Waals surface area contributed by atoms with Gasteiger partial charge in [0.1, 0.15) is 0 Å². The van der Waals surface area contributed by atoms with Crippen LogP contribution >= 0.6 is 0 Å². The Labute approximate surface area is 128 Å². The molecule has 0 atom stereocenters. The standard InChI is InChI=1S/C18H16N2O2/c1-20(2)14-6-3-12(4-7-14)13-5-8-17-16(11-13)15(18(21)22)9-10-19-17/h3-11H,1-2H3,(H,21,22). The normalized spacial score (nSPS) is 10.6. The number of aromatic carboxylic acids is 1. The van der Waals surface area contributed by atoms with Crippen molar-refractivity contribution in [1.82, 2.24) is 4.98 Å². The lowest BCUT2D eigenvalue weighted by atomic mass is 10.0. The monoisotopic (exact) mass is 292 g/mol. The van der Waals surface area contributed by atoms with Crippen LogP contribution in [0.2, 0.25) is 0 Å². The van der Waals surface area contributed by atoms with Gasteiger partial charge in [0.15, 0.2) is 0 Å². The van der Waals surface area contributed by atoms with Gasteiger partial charge in [0.25, 0.3) is 0 Å². The van der Waals surface area contributed by atoms with E-state index in [-0.39, 0.29) is 5.56 Å². The molecule has 4 nitrogen and oxygen atoms in total. The van der Waals surface area contributed by atoms with E-state index < -0.39 is 5.97 Å². The van der Waals surface area contributed by atoms with Gasteiger partial charge in [-0.15, -0.1) is 0 Å². The average molecular weight is 292 g/mol. The predicted molar refractivity (Wildman–Crippen MR) is 88.5 cm³/mol. The maximum absolute atomic E-state index is 11.3. The number of pyridine rings is 1. The van der Waals surface area contributed by atoms with Crippen molar-refractivity contribution >= 4 is 22.6 Å². The zero-order chi connectivity index (χ0) is 15.7. The lowest BCUT2D eigenvalue weighted by Crippen LogP contribution is -2.07. The van der Waals surface area contributed by atoms with Crippen molar-refractivity contribution in [3.63, 3.8) is 0 Å². The molecule has 2 aromatic carbocycles. The van der Waals surface area contributed by atoms with Gasteiger partial charge in [-0.2, -0.15) is 0 Å². The van der Waals surface area contributed by atoms with Crippen LogP contribution in [0.5, 0.6) is 0 Å². The first-order valence-electron chi connectivity index (χ1n) is 6.96. The number of carbonyl (C=O) groups is 1. The molecule has 0 radical (unpaired) electrons. The Hall–Kier alpha value is -2.88. The quantitative estimate of drug-likeness (QED) is 0.800. The molecule has 22 heavy (non-hydrogen) atoms. The zero-order valence-electron chi connectivity index (χ0n) is 12.4. The highest BCUT2D eigenvalue weighted by Crippen LogP contribution is 2.27. The van der Waals surface area contributed by atoms with Gasteiger partial charge in [-0.3, -0.25) is 4.98 Å². The molecule has 0 bridgehead atoms. The number of benzene rings is 2. The third-order valence-electron chi connectivity index (χ3n) is 3.69. The molecule has 0 fully saturated rings. The van der Waals surface area contributed by atoms with Gasteiger partial charge in [0.2, 0.25) is 0 Å². The van der Waals surface area contributed by atoms with Gasteiger partial charge in [-0.25, -0.2) is 4.79 Å². The van der Waals surface area contributed by atoms with Crippen molar-refractivity contribution < 1.29 is 9.90 Å². The number of fused-ring (bicyclic) bond motifs is 1. The van der Waals surface area contributed by atoms with Gasteiger partial charge in [-0.05, 0) is 41.5 Å². The predicted octanol–water partition coefficient (Wildman–Crippen LogP) is 3.67. The summed E-state index contributed by atoms with van der Waals surface area (Å²) in [6, 6.07) is 15.4. The van der Waals surface area contributed by atoms with Crippen LogP contribution in [0.3, 0.4) is 0 Å². The van der Waals surface area contributed by atoms with Gasteiger partial charge in [0, 0.05) is 31.4 Å². The third kappa shape index (κ3) is 2.51. The first-order chi connectivity index (χ1) is 10.6. The van der Waals surface area contributed by atoms with Crippen molar-refractivity contribution in [1.29, 1.82) is 0 Å². The fourth-order valence-corrected chi connectivity index (χ4v) is 2.46. The molecule has 0 unspecified atom stereocenters. The molecule has 0 aliphatic carbocycles. The van der Waals surface area contributed by atoms with Crippen molar-refractivity contribution in [2.75, 3.05) is 19.0 Å². The number of carboxylic acid groups (broad SMARTS) is 1. The van der Waals surface area contributed by atoms with Crippen LogP contribution in [-0.4, -0.2) is 30.2 Å². The van der Waals surface area contributed by atoms with Crippen LogP contribution in [0, 0.1) is 0 Å². The fourth-order valence-electron chi connectivity index (χ4n) is 2.46. The molecular weight excluding hydrogens is 276 g/mol. The summed E-state index contributed by atoms with van der Waals surface area (Å²) in [5.41, 5.74) is 4.11. The second-order valence-corrected chi connectivity index (χ2v) is 5.34. The summed E-state index contributed by atoms with van der Waals surface area (Å²) in [7, 11) is 3.99. The molecule has 0 spiro atoms. The summed E-state index contributed by atoms with van der Waals surface area (Å²) in [6.45, 7) is 0. The molecule has 4 heteroatoms. The van der Waals surface area contributed by atoms with Crippen LogP contribution in [0.1, 0.15) is 10.4 Å². The lowest BCUT2D eigenvalue weighted by molar-refractivity contribution is 0.0699. The smallest absolute Gasteiger partial charge is 0.336 e. The molecule has 110 valence electrons. The molecule has 0 amide bonds. The number of anilines is 1. The second-order valence-electron chi connectivity index (χ2n) is 5.34.